The van der Waals surface area contributed by atoms with Crippen molar-refractivity contribution in [2.75, 3.05) is 11.9 Å². The number of anilines is 1. The Morgan fingerprint density at radius 3 is 2.00 bits per heavy atom. The molecule has 232 valence electrons. The van der Waals surface area contributed by atoms with Crippen LogP contribution in [-0.2, 0) is 36.9 Å². The highest BCUT2D eigenvalue weighted by Gasteiger charge is 2.51. The zero-order valence-electron chi connectivity index (χ0n) is 24.0. The summed E-state index contributed by atoms with van der Waals surface area (Å²) in [5, 5.41) is 26.7. The summed E-state index contributed by atoms with van der Waals surface area (Å²) in [5.41, 5.74) is 1.80. The number of hydrogen-bond acceptors (Lipinski definition) is 10. The van der Waals surface area contributed by atoms with Crippen LogP contribution in [0.3, 0.4) is 0 Å². The van der Waals surface area contributed by atoms with Crippen molar-refractivity contribution >= 4 is 17.1 Å². The van der Waals surface area contributed by atoms with E-state index in [0.29, 0.717) is 0 Å². The van der Waals surface area contributed by atoms with Crippen molar-refractivity contribution < 1.29 is 33.5 Å². The smallest absolute Gasteiger partial charge is 0.299 e. The molecule has 6 atom stereocenters. The summed E-state index contributed by atoms with van der Waals surface area (Å²) in [6.45, 7) is 0.578. The average Bonchev–Trinajstić information content (AvgIpc) is 3.08. The van der Waals surface area contributed by atoms with E-state index in [2.05, 4.69) is 5.32 Å². The first-order valence-corrected chi connectivity index (χ1v) is 14.4. The molecule has 0 aromatic heterocycles. The van der Waals surface area contributed by atoms with Gasteiger partial charge in [-0.15, -0.1) is 0 Å². The van der Waals surface area contributed by atoms with Crippen LogP contribution >= 0.6 is 0 Å². The van der Waals surface area contributed by atoms with Gasteiger partial charge in [-0.25, -0.2) is 0 Å². The maximum atomic E-state index is 12.1. The number of non-ortho nitro benzene ring substituents is 1. The van der Waals surface area contributed by atoms with Crippen LogP contribution in [-0.4, -0.2) is 47.1 Å². The molecule has 0 radical (unpaired) electrons. The SMILES string of the molecule is O=[N+]([O-])c1ccc(N[C@H]2[C@H](OCc3ccccc3)O[C@@H]3CO[C@@H](c4ccccc4)O[C@H]3[C@@H]2OCc2ccccc2)c([N+](=O)[O-])c1. The normalized spacial score (nSPS) is 24.4. The number of nitro benzene ring substituents is 2. The number of fused-ring (bicyclic) bond motifs is 1. The van der Waals surface area contributed by atoms with Gasteiger partial charge in [0.15, 0.2) is 12.6 Å². The standard InChI is InChI=1S/C33H31N3O9/c37-35(38)25-16-17-26(27(18-25)36(39)40)34-29-31(41-19-22-10-4-1-5-11-22)30-28(21-43-32(45-30)24-14-8-3-9-15-24)44-33(29)42-20-23-12-6-2-7-13-23/h1-18,28-34H,19-21H2/t28-,29-,30-,31-,32-,33-/m1/s1. The van der Waals surface area contributed by atoms with E-state index in [1.54, 1.807) is 0 Å². The van der Waals surface area contributed by atoms with Gasteiger partial charge in [-0.2, -0.15) is 0 Å². The van der Waals surface area contributed by atoms with Gasteiger partial charge >= 0.3 is 0 Å². The third-order valence-electron chi connectivity index (χ3n) is 7.66. The predicted octanol–water partition coefficient (Wildman–Crippen LogP) is 5.92. The Morgan fingerprint density at radius 1 is 0.756 bits per heavy atom. The Labute approximate surface area is 258 Å². The van der Waals surface area contributed by atoms with Crippen molar-refractivity contribution in [2.24, 2.45) is 0 Å². The number of hydrogen-bond donors (Lipinski definition) is 1. The lowest BCUT2D eigenvalue weighted by atomic mass is 9.94. The molecule has 0 bridgehead atoms. The summed E-state index contributed by atoms with van der Waals surface area (Å²) >= 11 is 0. The minimum absolute atomic E-state index is 0.0472. The lowest BCUT2D eigenvalue weighted by molar-refractivity contribution is -0.393. The first-order valence-electron chi connectivity index (χ1n) is 14.4. The van der Waals surface area contributed by atoms with E-state index in [0.717, 1.165) is 22.8 Å². The topological polar surface area (TPSA) is 144 Å². The second kappa shape index (κ2) is 13.9. The molecule has 2 fully saturated rings. The van der Waals surface area contributed by atoms with Crippen LogP contribution in [0, 0.1) is 20.2 Å². The van der Waals surface area contributed by atoms with Gasteiger partial charge in [0, 0.05) is 11.6 Å². The number of ether oxygens (including phenoxy) is 5. The van der Waals surface area contributed by atoms with Crippen molar-refractivity contribution in [2.45, 2.75) is 50.1 Å². The summed E-state index contributed by atoms with van der Waals surface area (Å²) in [7, 11) is 0. The second-order valence-electron chi connectivity index (χ2n) is 10.7. The van der Waals surface area contributed by atoms with Crippen molar-refractivity contribution in [1.29, 1.82) is 0 Å². The third-order valence-corrected chi connectivity index (χ3v) is 7.66. The lowest BCUT2D eigenvalue weighted by Gasteiger charge is -2.49. The van der Waals surface area contributed by atoms with Gasteiger partial charge in [0.05, 0.1) is 35.7 Å². The molecular weight excluding hydrogens is 582 g/mol. The highest BCUT2D eigenvalue weighted by molar-refractivity contribution is 5.66. The van der Waals surface area contributed by atoms with Crippen LogP contribution in [0.15, 0.2) is 109 Å². The van der Waals surface area contributed by atoms with Crippen molar-refractivity contribution in [3.05, 3.63) is 146 Å². The molecule has 45 heavy (non-hydrogen) atoms. The van der Waals surface area contributed by atoms with E-state index < -0.39 is 58.2 Å². The van der Waals surface area contributed by atoms with Crippen LogP contribution in [0.1, 0.15) is 23.0 Å². The molecular formula is C33H31N3O9. The van der Waals surface area contributed by atoms with Crippen molar-refractivity contribution in [1.82, 2.24) is 0 Å². The Balaban J connectivity index is 1.36. The summed E-state index contributed by atoms with van der Waals surface area (Å²) in [6.07, 6.45) is -3.68. The van der Waals surface area contributed by atoms with E-state index >= 15 is 0 Å². The molecule has 0 aliphatic carbocycles. The summed E-state index contributed by atoms with van der Waals surface area (Å²) in [6, 6.07) is 31.2. The third kappa shape index (κ3) is 7.17. The molecule has 2 saturated heterocycles. The van der Waals surface area contributed by atoms with E-state index in [4.69, 9.17) is 23.7 Å². The Hall–Kier alpha value is -4.72. The van der Waals surface area contributed by atoms with E-state index in [1.807, 2.05) is 91.0 Å². The minimum Gasteiger partial charge on any atom is -0.369 e. The number of rotatable bonds is 11. The molecule has 0 saturated carbocycles. The minimum atomic E-state index is -0.970. The van der Waals surface area contributed by atoms with Gasteiger partial charge in [0.25, 0.3) is 11.4 Å². The quantitative estimate of drug-likeness (QED) is 0.160. The van der Waals surface area contributed by atoms with Gasteiger partial charge in [0.2, 0.25) is 0 Å². The van der Waals surface area contributed by atoms with Crippen LogP contribution in [0.25, 0.3) is 0 Å². The summed E-state index contributed by atoms with van der Waals surface area (Å²) in [4.78, 5) is 22.1. The molecule has 4 aromatic rings. The fourth-order valence-electron chi connectivity index (χ4n) is 5.45. The zero-order chi connectivity index (χ0) is 31.2. The second-order valence-corrected chi connectivity index (χ2v) is 10.7. The van der Waals surface area contributed by atoms with E-state index in [-0.39, 0.29) is 25.5 Å². The van der Waals surface area contributed by atoms with Crippen LogP contribution < -0.4 is 5.32 Å². The molecule has 12 nitrogen and oxygen atoms in total. The summed E-state index contributed by atoms with van der Waals surface area (Å²) in [5.74, 6) is 0. The molecule has 6 rings (SSSR count). The molecule has 0 spiro atoms. The summed E-state index contributed by atoms with van der Waals surface area (Å²) < 4.78 is 31.9. The number of nitro groups is 2. The molecule has 12 heteroatoms. The number of nitrogens with zero attached hydrogens (tertiary/aromatic N) is 2. The van der Waals surface area contributed by atoms with Crippen LogP contribution in [0.2, 0.25) is 0 Å². The molecule has 1 N–H and O–H groups in total. The average molecular weight is 614 g/mol. The molecule has 0 amide bonds. The number of benzene rings is 4. The predicted molar refractivity (Wildman–Crippen MR) is 162 cm³/mol. The lowest BCUT2D eigenvalue weighted by Crippen LogP contribution is -2.65. The molecule has 0 unspecified atom stereocenters. The van der Waals surface area contributed by atoms with E-state index in [1.165, 1.54) is 12.1 Å². The van der Waals surface area contributed by atoms with Gasteiger partial charge in [-0.1, -0.05) is 91.0 Å². The first kappa shape index (κ1) is 30.3. The highest BCUT2D eigenvalue weighted by atomic mass is 16.8. The molecule has 2 aliphatic heterocycles. The van der Waals surface area contributed by atoms with E-state index in [9.17, 15) is 20.2 Å². The van der Waals surface area contributed by atoms with Gasteiger partial charge in [-0.05, 0) is 17.2 Å². The highest BCUT2D eigenvalue weighted by Crippen LogP contribution is 2.39. The molecule has 4 aromatic carbocycles. The fourth-order valence-corrected chi connectivity index (χ4v) is 5.45. The van der Waals surface area contributed by atoms with Crippen LogP contribution in [0.5, 0.6) is 0 Å². The largest absolute Gasteiger partial charge is 0.369 e. The monoisotopic (exact) mass is 613 g/mol. The Kier molecular flexibility index (Phi) is 9.38. The maximum Gasteiger partial charge on any atom is 0.299 e. The maximum absolute atomic E-state index is 12.1. The number of nitrogens with one attached hydrogen (secondary N) is 1. The van der Waals surface area contributed by atoms with Gasteiger partial charge in [0.1, 0.15) is 30.0 Å². The molecule has 2 aliphatic rings. The van der Waals surface area contributed by atoms with Crippen molar-refractivity contribution in [3.8, 4) is 0 Å². The zero-order valence-corrected chi connectivity index (χ0v) is 24.0. The van der Waals surface area contributed by atoms with Gasteiger partial charge in [-0.3, -0.25) is 20.2 Å². The Bertz CT molecular complexity index is 1590. The van der Waals surface area contributed by atoms with Crippen molar-refractivity contribution in [3.63, 3.8) is 0 Å². The fraction of sp³-hybridized carbons (Fsp3) is 0.273. The Morgan fingerprint density at radius 2 is 1.38 bits per heavy atom. The van der Waals surface area contributed by atoms with Crippen LogP contribution in [0.4, 0.5) is 17.1 Å². The first-order chi connectivity index (χ1) is 22.0. The molecule has 2 heterocycles. The van der Waals surface area contributed by atoms with Gasteiger partial charge < -0.3 is 29.0 Å².